The quantitative estimate of drug-likeness (QED) is 0.832. The fraction of sp³-hybridized carbons (Fsp3) is 0.350. The Morgan fingerprint density at radius 1 is 1.00 bits per heavy atom. The van der Waals surface area contributed by atoms with Crippen LogP contribution in [0.2, 0.25) is 0 Å². The predicted octanol–water partition coefficient (Wildman–Crippen LogP) is 3.58. The summed E-state index contributed by atoms with van der Waals surface area (Å²) >= 11 is 0. The van der Waals surface area contributed by atoms with Crippen molar-refractivity contribution < 1.29 is 14.6 Å². The highest BCUT2D eigenvalue weighted by Gasteiger charge is 2.47. The first-order valence-corrected chi connectivity index (χ1v) is 8.49. The predicted molar refractivity (Wildman–Crippen MR) is 102 cm³/mol. The molecule has 0 aliphatic carbocycles. The van der Waals surface area contributed by atoms with Crippen molar-refractivity contribution in [1.82, 2.24) is 4.90 Å². The van der Waals surface area contributed by atoms with E-state index >= 15 is 0 Å². The number of nitrogens with zero attached hydrogens (tertiary/aromatic N) is 1. The van der Waals surface area contributed by atoms with Crippen molar-refractivity contribution in [3.63, 3.8) is 0 Å². The van der Waals surface area contributed by atoms with Crippen LogP contribution in [0.5, 0.6) is 11.5 Å². The van der Waals surface area contributed by atoms with Crippen LogP contribution in [0.3, 0.4) is 0 Å². The molecule has 0 aromatic heterocycles. The van der Waals surface area contributed by atoms with Crippen molar-refractivity contribution in [2.24, 2.45) is 0 Å². The number of halogens is 1. The van der Waals surface area contributed by atoms with Gasteiger partial charge in [0.05, 0.1) is 17.6 Å². The minimum absolute atomic E-state index is 0. The molecule has 0 saturated carbocycles. The molecular formula is C20H22BrNO3. The van der Waals surface area contributed by atoms with Crippen LogP contribution in [0.15, 0.2) is 48.5 Å². The molecule has 4 nitrogen and oxygen atoms in total. The van der Waals surface area contributed by atoms with E-state index in [1.807, 2.05) is 48.5 Å². The van der Waals surface area contributed by atoms with E-state index in [1.54, 1.807) is 0 Å². The molecule has 1 fully saturated rings. The zero-order valence-electron chi connectivity index (χ0n) is 14.0. The number of piperidine rings is 1. The highest BCUT2D eigenvalue weighted by molar-refractivity contribution is 8.93. The first-order valence-electron chi connectivity index (χ1n) is 8.49. The van der Waals surface area contributed by atoms with E-state index in [9.17, 15) is 9.90 Å². The van der Waals surface area contributed by atoms with Gasteiger partial charge in [-0.1, -0.05) is 30.3 Å². The normalized spacial score (nSPS) is 18.5. The van der Waals surface area contributed by atoms with Gasteiger partial charge in [-0.3, -0.25) is 4.79 Å². The Bertz CT molecular complexity index is 769. The van der Waals surface area contributed by atoms with Gasteiger partial charge >= 0.3 is 0 Å². The van der Waals surface area contributed by atoms with Crippen LogP contribution in [-0.2, 0) is 5.41 Å². The number of ether oxygens (including phenoxy) is 1. The summed E-state index contributed by atoms with van der Waals surface area (Å²) in [6, 6.07) is 15.4. The lowest BCUT2D eigenvalue weighted by Gasteiger charge is -2.40. The number of benzene rings is 2. The maximum absolute atomic E-state index is 13.5. The van der Waals surface area contributed by atoms with Gasteiger partial charge in [-0.05, 0) is 44.1 Å². The van der Waals surface area contributed by atoms with Gasteiger partial charge in [0, 0.05) is 12.1 Å². The third kappa shape index (κ3) is 3.01. The van der Waals surface area contributed by atoms with E-state index in [1.165, 1.54) is 0 Å². The van der Waals surface area contributed by atoms with Gasteiger partial charge in [0.1, 0.15) is 11.5 Å². The van der Waals surface area contributed by atoms with Crippen LogP contribution in [-0.4, -0.2) is 42.0 Å². The molecule has 0 radical (unpaired) electrons. The lowest BCUT2D eigenvalue weighted by molar-refractivity contribution is 0.0752. The number of hydrogen-bond acceptors (Lipinski definition) is 4. The number of fused-ring (bicyclic) bond motifs is 3. The Balaban J connectivity index is 0.00000182. The molecule has 132 valence electrons. The largest absolute Gasteiger partial charge is 0.456 e. The molecule has 0 amide bonds. The Labute approximate surface area is 158 Å². The van der Waals surface area contributed by atoms with E-state index < -0.39 is 5.41 Å². The maximum atomic E-state index is 13.5. The summed E-state index contributed by atoms with van der Waals surface area (Å²) < 4.78 is 6.10. The van der Waals surface area contributed by atoms with Crippen molar-refractivity contribution in [3.05, 3.63) is 59.7 Å². The van der Waals surface area contributed by atoms with Crippen LogP contribution in [0.4, 0.5) is 0 Å². The van der Waals surface area contributed by atoms with Crippen LogP contribution in [0.1, 0.15) is 28.8 Å². The molecule has 5 heteroatoms. The summed E-state index contributed by atoms with van der Waals surface area (Å²) in [4.78, 5) is 15.7. The molecule has 0 atom stereocenters. The third-order valence-corrected chi connectivity index (χ3v) is 5.31. The average molecular weight is 404 g/mol. The number of likely N-dealkylation sites (tertiary alicyclic amines) is 1. The molecule has 25 heavy (non-hydrogen) atoms. The molecule has 4 rings (SSSR count). The van der Waals surface area contributed by atoms with Crippen LogP contribution < -0.4 is 4.74 Å². The van der Waals surface area contributed by atoms with E-state index in [0.29, 0.717) is 17.9 Å². The van der Waals surface area contributed by atoms with Crippen LogP contribution >= 0.6 is 17.0 Å². The fourth-order valence-corrected chi connectivity index (χ4v) is 3.99. The van der Waals surface area contributed by atoms with Crippen molar-refractivity contribution in [1.29, 1.82) is 0 Å². The number of rotatable bonds is 2. The Hall–Kier alpha value is -1.69. The van der Waals surface area contributed by atoms with Crippen molar-refractivity contribution in [2.75, 3.05) is 26.2 Å². The van der Waals surface area contributed by atoms with Gasteiger partial charge in [-0.25, -0.2) is 0 Å². The number of aliphatic hydroxyl groups is 1. The van der Waals surface area contributed by atoms with E-state index in [-0.39, 0.29) is 29.4 Å². The van der Waals surface area contributed by atoms with Gasteiger partial charge in [-0.15, -0.1) is 17.0 Å². The summed E-state index contributed by atoms with van der Waals surface area (Å²) in [6.07, 6.45) is 1.50. The second kappa shape index (κ2) is 7.28. The Kier molecular flexibility index (Phi) is 5.27. The molecule has 2 aliphatic heterocycles. The third-order valence-electron chi connectivity index (χ3n) is 5.31. The lowest BCUT2D eigenvalue weighted by atomic mass is 9.68. The standard InChI is InChI=1S/C20H21NO3.BrH/c22-14-13-21-11-9-20(10-12-21)16-6-2-4-8-18(16)24-17-7-3-1-5-15(17)19(20)23;/h1-8,22H,9-14H2;1H. The topological polar surface area (TPSA) is 49.8 Å². The minimum Gasteiger partial charge on any atom is -0.456 e. The van der Waals surface area contributed by atoms with Crippen molar-refractivity contribution in [2.45, 2.75) is 18.3 Å². The number of carbonyl (C=O) groups excluding carboxylic acids is 1. The molecule has 2 aromatic rings. The average Bonchev–Trinajstić information content (AvgIpc) is 2.72. The molecule has 1 spiro atoms. The second-order valence-corrected chi connectivity index (χ2v) is 6.57. The van der Waals surface area contributed by atoms with Gasteiger partial charge < -0.3 is 14.7 Å². The number of para-hydroxylation sites is 2. The summed E-state index contributed by atoms with van der Waals surface area (Å²) in [5.74, 6) is 1.59. The van der Waals surface area contributed by atoms with Gasteiger partial charge in [0.15, 0.2) is 5.78 Å². The van der Waals surface area contributed by atoms with E-state index in [0.717, 1.165) is 37.2 Å². The molecular weight excluding hydrogens is 382 g/mol. The molecule has 2 heterocycles. The maximum Gasteiger partial charge on any atom is 0.177 e. The summed E-state index contributed by atoms with van der Waals surface area (Å²) in [6.45, 7) is 2.44. The summed E-state index contributed by atoms with van der Waals surface area (Å²) in [7, 11) is 0. The first-order chi connectivity index (χ1) is 11.7. The fourth-order valence-electron chi connectivity index (χ4n) is 3.99. The number of Topliss-reactive ketones (excluding diaryl/α,β-unsaturated/α-hetero) is 1. The lowest BCUT2D eigenvalue weighted by Crippen LogP contribution is -2.47. The smallest absolute Gasteiger partial charge is 0.177 e. The highest BCUT2D eigenvalue weighted by atomic mass is 79.9. The number of aliphatic hydroxyl groups excluding tert-OH is 1. The molecule has 0 bridgehead atoms. The summed E-state index contributed by atoms with van der Waals surface area (Å²) in [5.41, 5.74) is 1.13. The second-order valence-electron chi connectivity index (χ2n) is 6.57. The van der Waals surface area contributed by atoms with Crippen LogP contribution in [0, 0.1) is 0 Å². The zero-order chi connectivity index (χ0) is 16.6. The monoisotopic (exact) mass is 403 g/mol. The van der Waals surface area contributed by atoms with Crippen molar-refractivity contribution in [3.8, 4) is 11.5 Å². The Morgan fingerprint density at radius 3 is 2.36 bits per heavy atom. The number of ketones is 1. The molecule has 1 N–H and O–H groups in total. The van der Waals surface area contributed by atoms with Crippen LogP contribution in [0.25, 0.3) is 0 Å². The number of hydrogen-bond donors (Lipinski definition) is 1. The molecule has 0 unspecified atom stereocenters. The van der Waals surface area contributed by atoms with Gasteiger partial charge in [0.25, 0.3) is 0 Å². The van der Waals surface area contributed by atoms with Gasteiger partial charge in [0.2, 0.25) is 0 Å². The van der Waals surface area contributed by atoms with Gasteiger partial charge in [-0.2, -0.15) is 0 Å². The van der Waals surface area contributed by atoms with E-state index in [2.05, 4.69) is 4.90 Å². The molecule has 2 aromatic carbocycles. The Morgan fingerprint density at radius 2 is 1.64 bits per heavy atom. The molecule has 2 aliphatic rings. The van der Waals surface area contributed by atoms with E-state index in [4.69, 9.17) is 4.74 Å². The first kappa shape index (κ1) is 18.1. The highest BCUT2D eigenvalue weighted by Crippen LogP contribution is 2.47. The number of carbonyl (C=O) groups is 1. The van der Waals surface area contributed by atoms with Crippen molar-refractivity contribution >= 4 is 22.8 Å². The summed E-state index contributed by atoms with van der Waals surface area (Å²) in [5, 5.41) is 9.18. The zero-order valence-corrected chi connectivity index (χ0v) is 15.7. The molecule has 1 saturated heterocycles. The SMILES string of the molecule is Br.O=C1c2ccccc2Oc2ccccc2C12CCN(CCO)CC2. The minimum atomic E-state index is -0.533. The number of β-amino-alcohol motifs (C(OH)–C–C–N with tert-alkyl or cyclic N) is 1.